The summed E-state index contributed by atoms with van der Waals surface area (Å²) in [6.07, 6.45) is -0.131. The molecule has 0 saturated heterocycles. The first-order chi connectivity index (χ1) is 9.88. The Bertz CT molecular complexity index is 736. The highest BCUT2D eigenvalue weighted by atomic mass is 32.2. The summed E-state index contributed by atoms with van der Waals surface area (Å²) in [4.78, 5) is 15.6. The maximum absolute atomic E-state index is 12.1. The van der Waals surface area contributed by atoms with Gasteiger partial charge in [-0.25, -0.2) is 18.1 Å². The van der Waals surface area contributed by atoms with Gasteiger partial charge in [0.2, 0.25) is 10.0 Å². The number of aromatic nitrogens is 1. The highest BCUT2D eigenvalue weighted by Crippen LogP contribution is 2.15. The number of nitrogens with zero attached hydrogens (tertiary/aromatic N) is 1. The first kappa shape index (κ1) is 15.6. The Labute approximate surface area is 126 Å². The van der Waals surface area contributed by atoms with Crippen molar-refractivity contribution in [2.24, 2.45) is 0 Å². The van der Waals surface area contributed by atoms with Gasteiger partial charge in [-0.2, -0.15) is 0 Å². The van der Waals surface area contributed by atoms with E-state index in [0.717, 1.165) is 10.6 Å². The molecule has 0 aliphatic carbocycles. The molecule has 0 aliphatic rings. The second kappa shape index (κ2) is 6.33. The van der Waals surface area contributed by atoms with Gasteiger partial charge < -0.3 is 5.11 Å². The summed E-state index contributed by atoms with van der Waals surface area (Å²) in [6.45, 7) is 2.01. The minimum absolute atomic E-state index is 0.110. The fourth-order valence-corrected chi connectivity index (χ4v) is 3.50. The predicted octanol–water partition coefficient (Wildman–Crippen LogP) is 1.56. The van der Waals surface area contributed by atoms with Gasteiger partial charge in [-0.15, -0.1) is 11.3 Å². The predicted molar refractivity (Wildman–Crippen MR) is 78.7 cm³/mol. The average Bonchev–Trinajstić information content (AvgIpc) is 2.82. The van der Waals surface area contributed by atoms with E-state index in [0.29, 0.717) is 5.56 Å². The summed E-state index contributed by atoms with van der Waals surface area (Å²) in [6, 6.07) is 5.81. The van der Waals surface area contributed by atoms with Gasteiger partial charge in [0, 0.05) is 11.4 Å². The Morgan fingerprint density at radius 2 is 2.00 bits per heavy atom. The average molecular weight is 326 g/mol. The van der Waals surface area contributed by atoms with Crippen LogP contribution in [0.3, 0.4) is 0 Å². The van der Waals surface area contributed by atoms with Crippen LogP contribution in [0.4, 0.5) is 0 Å². The molecule has 2 aromatic rings. The summed E-state index contributed by atoms with van der Waals surface area (Å²) in [5, 5.41) is 8.68. The normalized spacial score (nSPS) is 11.5. The number of aliphatic carboxylic acids is 1. The van der Waals surface area contributed by atoms with Crippen molar-refractivity contribution in [3.05, 3.63) is 45.9 Å². The molecule has 0 fully saturated rings. The number of carbonyl (C=O) groups is 1. The molecule has 8 heteroatoms. The standard InChI is InChI=1S/C13H14N2O4S2/c1-9-12(20-8-14-9)7-15-21(18,19)11-4-2-10(3-5-11)6-13(16)17/h2-5,8,15H,6-7H2,1H3,(H,16,17). The van der Waals surface area contributed by atoms with Crippen molar-refractivity contribution in [2.75, 3.05) is 0 Å². The van der Waals surface area contributed by atoms with E-state index in [1.165, 1.54) is 35.6 Å². The van der Waals surface area contributed by atoms with E-state index in [9.17, 15) is 13.2 Å². The number of hydrogen-bond acceptors (Lipinski definition) is 5. The molecule has 2 N–H and O–H groups in total. The first-order valence-electron chi connectivity index (χ1n) is 6.08. The fraction of sp³-hybridized carbons (Fsp3) is 0.231. The third kappa shape index (κ3) is 4.10. The molecule has 21 heavy (non-hydrogen) atoms. The Balaban J connectivity index is 2.08. The van der Waals surface area contributed by atoms with Crippen LogP contribution in [-0.2, 0) is 27.8 Å². The van der Waals surface area contributed by atoms with E-state index in [1.807, 2.05) is 6.92 Å². The molecule has 0 atom stereocenters. The summed E-state index contributed by atoms with van der Waals surface area (Å²) in [5.41, 5.74) is 3.03. The molecule has 0 aliphatic heterocycles. The second-order valence-electron chi connectivity index (χ2n) is 4.40. The molecular weight excluding hydrogens is 312 g/mol. The number of rotatable bonds is 6. The highest BCUT2D eigenvalue weighted by Gasteiger charge is 2.15. The molecule has 0 spiro atoms. The zero-order chi connectivity index (χ0) is 15.5. The van der Waals surface area contributed by atoms with Gasteiger partial charge in [0.1, 0.15) is 0 Å². The molecule has 2 rings (SSSR count). The molecule has 1 heterocycles. The van der Waals surface area contributed by atoms with E-state index < -0.39 is 16.0 Å². The monoisotopic (exact) mass is 326 g/mol. The smallest absolute Gasteiger partial charge is 0.307 e. The third-order valence-corrected chi connectivity index (χ3v) is 5.21. The van der Waals surface area contributed by atoms with E-state index in [4.69, 9.17) is 5.11 Å². The van der Waals surface area contributed by atoms with Crippen LogP contribution < -0.4 is 4.72 Å². The highest BCUT2D eigenvalue weighted by molar-refractivity contribution is 7.89. The van der Waals surface area contributed by atoms with Crippen LogP contribution in [0.2, 0.25) is 0 Å². The second-order valence-corrected chi connectivity index (χ2v) is 7.11. The van der Waals surface area contributed by atoms with Crippen molar-refractivity contribution < 1.29 is 18.3 Å². The Kier molecular flexibility index (Phi) is 4.71. The first-order valence-corrected chi connectivity index (χ1v) is 8.44. The van der Waals surface area contributed by atoms with Crippen LogP contribution in [0, 0.1) is 6.92 Å². The number of thiazole rings is 1. The van der Waals surface area contributed by atoms with Crippen molar-refractivity contribution >= 4 is 27.3 Å². The van der Waals surface area contributed by atoms with Gasteiger partial charge in [-0.1, -0.05) is 12.1 Å². The zero-order valence-corrected chi connectivity index (χ0v) is 12.9. The van der Waals surface area contributed by atoms with Gasteiger partial charge in [-0.05, 0) is 24.6 Å². The number of nitrogens with one attached hydrogen (secondary N) is 1. The van der Waals surface area contributed by atoms with Gasteiger partial charge in [-0.3, -0.25) is 4.79 Å². The van der Waals surface area contributed by atoms with Crippen LogP contribution in [0.15, 0.2) is 34.7 Å². The lowest BCUT2D eigenvalue weighted by Gasteiger charge is -2.06. The van der Waals surface area contributed by atoms with E-state index in [2.05, 4.69) is 9.71 Å². The maximum Gasteiger partial charge on any atom is 0.307 e. The fourth-order valence-electron chi connectivity index (χ4n) is 1.70. The van der Waals surface area contributed by atoms with Crippen molar-refractivity contribution in [1.29, 1.82) is 0 Å². The Morgan fingerprint density at radius 3 is 2.52 bits per heavy atom. The van der Waals surface area contributed by atoms with Gasteiger partial charge in [0.15, 0.2) is 0 Å². The van der Waals surface area contributed by atoms with E-state index in [-0.39, 0.29) is 17.9 Å². The van der Waals surface area contributed by atoms with E-state index >= 15 is 0 Å². The molecule has 0 radical (unpaired) electrons. The third-order valence-electron chi connectivity index (χ3n) is 2.86. The number of aryl methyl sites for hydroxylation is 1. The number of carboxylic acid groups (broad SMARTS) is 1. The molecular formula is C13H14N2O4S2. The topological polar surface area (TPSA) is 96.4 Å². The lowest BCUT2D eigenvalue weighted by atomic mass is 10.2. The Morgan fingerprint density at radius 1 is 1.33 bits per heavy atom. The SMILES string of the molecule is Cc1ncsc1CNS(=O)(=O)c1ccc(CC(=O)O)cc1. The van der Waals surface area contributed by atoms with Gasteiger partial charge >= 0.3 is 5.97 Å². The van der Waals surface area contributed by atoms with Crippen LogP contribution in [0.25, 0.3) is 0 Å². The summed E-state index contributed by atoms with van der Waals surface area (Å²) >= 11 is 1.39. The summed E-state index contributed by atoms with van der Waals surface area (Å²) < 4.78 is 26.8. The lowest BCUT2D eigenvalue weighted by Crippen LogP contribution is -2.23. The maximum atomic E-state index is 12.1. The van der Waals surface area contributed by atoms with Crippen LogP contribution in [-0.4, -0.2) is 24.5 Å². The molecule has 0 amide bonds. The number of carboxylic acids is 1. The lowest BCUT2D eigenvalue weighted by molar-refractivity contribution is -0.136. The summed E-state index contributed by atoms with van der Waals surface area (Å²) in [5.74, 6) is -0.954. The molecule has 0 saturated carbocycles. The van der Waals surface area contributed by atoms with E-state index in [1.54, 1.807) is 5.51 Å². The van der Waals surface area contributed by atoms with Gasteiger partial charge in [0.05, 0.1) is 22.5 Å². The molecule has 0 bridgehead atoms. The largest absolute Gasteiger partial charge is 0.481 e. The van der Waals surface area contributed by atoms with Gasteiger partial charge in [0.25, 0.3) is 0 Å². The van der Waals surface area contributed by atoms with Crippen LogP contribution in [0.1, 0.15) is 16.1 Å². The molecule has 6 nitrogen and oxygen atoms in total. The van der Waals surface area contributed by atoms with Crippen LogP contribution in [0.5, 0.6) is 0 Å². The van der Waals surface area contributed by atoms with Crippen molar-refractivity contribution in [3.63, 3.8) is 0 Å². The minimum atomic E-state index is -3.62. The molecule has 1 aromatic carbocycles. The number of sulfonamides is 1. The van der Waals surface area contributed by atoms with Crippen molar-refractivity contribution in [3.8, 4) is 0 Å². The number of benzene rings is 1. The summed E-state index contributed by atoms with van der Waals surface area (Å²) in [7, 11) is -3.62. The minimum Gasteiger partial charge on any atom is -0.481 e. The van der Waals surface area contributed by atoms with Crippen molar-refractivity contribution in [1.82, 2.24) is 9.71 Å². The molecule has 0 unspecified atom stereocenters. The van der Waals surface area contributed by atoms with Crippen LogP contribution >= 0.6 is 11.3 Å². The zero-order valence-electron chi connectivity index (χ0n) is 11.2. The van der Waals surface area contributed by atoms with Crippen molar-refractivity contribution in [2.45, 2.75) is 24.8 Å². The molecule has 1 aromatic heterocycles. The Hall–Kier alpha value is -1.77. The number of hydrogen-bond donors (Lipinski definition) is 2. The molecule has 112 valence electrons. The quantitative estimate of drug-likeness (QED) is 0.840.